The van der Waals surface area contributed by atoms with Crippen molar-refractivity contribution in [1.82, 2.24) is 4.31 Å². The third kappa shape index (κ3) is 3.64. The molecule has 2 atom stereocenters. The second kappa shape index (κ2) is 7.56. The molecule has 136 valence electrons. The van der Waals surface area contributed by atoms with Gasteiger partial charge in [0.25, 0.3) is 0 Å². The summed E-state index contributed by atoms with van der Waals surface area (Å²) in [6.45, 7) is 6.71. The van der Waals surface area contributed by atoms with E-state index in [2.05, 4.69) is 6.58 Å². The fourth-order valence-electron chi connectivity index (χ4n) is 3.42. The highest BCUT2D eigenvalue weighted by atomic mass is 32.2. The van der Waals surface area contributed by atoms with Crippen LogP contribution in [-0.2, 0) is 14.8 Å². The molecule has 4 nitrogen and oxygen atoms in total. The Bertz CT molecular complexity index is 889. The smallest absolute Gasteiger partial charge is 0.243 e. The van der Waals surface area contributed by atoms with Crippen LogP contribution in [0.2, 0.25) is 0 Å². The van der Waals surface area contributed by atoms with Crippen LogP contribution in [0.15, 0.2) is 66.1 Å². The Morgan fingerprint density at radius 3 is 2.38 bits per heavy atom. The fraction of sp³-hybridized carbons (Fsp3) is 0.286. The van der Waals surface area contributed by atoms with Gasteiger partial charge in [0.2, 0.25) is 10.0 Å². The molecule has 1 aliphatic heterocycles. The van der Waals surface area contributed by atoms with Gasteiger partial charge in [0, 0.05) is 24.9 Å². The van der Waals surface area contributed by atoms with E-state index in [1.54, 1.807) is 24.3 Å². The van der Waals surface area contributed by atoms with Crippen LogP contribution in [0.25, 0.3) is 5.57 Å². The number of hydrogen-bond acceptors (Lipinski definition) is 3. The minimum absolute atomic E-state index is 0.216. The first-order valence-corrected chi connectivity index (χ1v) is 10.1. The summed E-state index contributed by atoms with van der Waals surface area (Å²) in [6.07, 6.45) is 1.44. The number of hydrogen-bond donors (Lipinski definition) is 0. The monoisotopic (exact) mass is 369 g/mol. The molecule has 0 amide bonds. The fourth-order valence-corrected chi connectivity index (χ4v) is 4.90. The molecule has 1 aliphatic rings. The van der Waals surface area contributed by atoms with Gasteiger partial charge in [-0.05, 0) is 36.6 Å². The number of sulfonamides is 1. The van der Waals surface area contributed by atoms with Crippen LogP contribution < -0.4 is 0 Å². The number of aryl methyl sites for hydroxylation is 1. The molecule has 0 bridgehead atoms. The summed E-state index contributed by atoms with van der Waals surface area (Å²) in [6, 6.07) is 16.5. The molecule has 0 spiro atoms. The van der Waals surface area contributed by atoms with Gasteiger partial charge in [-0.1, -0.05) is 54.6 Å². The van der Waals surface area contributed by atoms with E-state index >= 15 is 0 Å². The first kappa shape index (κ1) is 18.5. The lowest BCUT2D eigenvalue weighted by Crippen LogP contribution is -2.44. The molecule has 1 fully saturated rings. The highest BCUT2D eigenvalue weighted by molar-refractivity contribution is 7.89. The molecule has 1 saturated heterocycles. The van der Waals surface area contributed by atoms with Crippen molar-refractivity contribution in [3.63, 3.8) is 0 Å². The summed E-state index contributed by atoms with van der Waals surface area (Å²) in [7, 11) is -3.58. The average Bonchev–Trinajstić information content (AvgIpc) is 2.68. The van der Waals surface area contributed by atoms with Gasteiger partial charge in [0.15, 0.2) is 0 Å². The summed E-state index contributed by atoms with van der Waals surface area (Å²) in [5, 5.41) is 0. The van der Waals surface area contributed by atoms with Gasteiger partial charge in [-0.15, -0.1) is 0 Å². The maximum Gasteiger partial charge on any atom is 0.243 e. The van der Waals surface area contributed by atoms with Crippen LogP contribution in [-0.4, -0.2) is 32.1 Å². The molecule has 0 radical (unpaired) electrons. The molecule has 0 saturated carbocycles. The zero-order valence-electron chi connectivity index (χ0n) is 14.8. The first-order valence-electron chi connectivity index (χ1n) is 8.70. The number of carbonyl (C=O) groups is 1. The van der Waals surface area contributed by atoms with Crippen LogP contribution in [0.5, 0.6) is 0 Å². The van der Waals surface area contributed by atoms with Crippen molar-refractivity contribution >= 4 is 21.9 Å². The number of nitrogens with zero attached hydrogens (tertiary/aromatic N) is 1. The third-order valence-electron chi connectivity index (χ3n) is 5.05. The van der Waals surface area contributed by atoms with Crippen molar-refractivity contribution < 1.29 is 13.2 Å². The molecule has 26 heavy (non-hydrogen) atoms. The predicted octanol–water partition coefficient (Wildman–Crippen LogP) is 3.53. The van der Waals surface area contributed by atoms with Crippen molar-refractivity contribution in [2.75, 3.05) is 13.1 Å². The van der Waals surface area contributed by atoms with E-state index in [9.17, 15) is 13.2 Å². The maximum atomic E-state index is 13.0. The summed E-state index contributed by atoms with van der Waals surface area (Å²) in [5.41, 5.74) is 2.77. The Morgan fingerprint density at radius 2 is 1.77 bits per heavy atom. The molecule has 1 heterocycles. The molecular formula is C21H23NO3S. The Morgan fingerprint density at radius 1 is 1.12 bits per heavy atom. The minimum Gasteiger partial charge on any atom is -0.303 e. The van der Waals surface area contributed by atoms with Gasteiger partial charge in [-0.25, -0.2) is 8.42 Å². The molecule has 0 N–H and O–H groups in total. The van der Waals surface area contributed by atoms with E-state index in [1.807, 2.05) is 37.3 Å². The lowest BCUT2D eigenvalue weighted by Gasteiger charge is -2.36. The molecule has 3 rings (SSSR count). The summed E-state index contributed by atoms with van der Waals surface area (Å²) >= 11 is 0. The van der Waals surface area contributed by atoms with Gasteiger partial charge in [0.05, 0.1) is 4.90 Å². The number of piperidine rings is 1. The molecule has 0 aromatic heterocycles. The molecule has 2 aromatic carbocycles. The topological polar surface area (TPSA) is 54.5 Å². The second-order valence-electron chi connectivity index (χ2n) is 6.76. The molecule has 0 aliphatic carbocycles. The summed E-state index contributed by atoms with van der Waals surface area (Å²) < 4.78 is 27.5. The second-order valence-corrected chi connectivity index (χ2v) is 8.70. The lowest BCUT2D eigenvalue weighted by molar-refractivity contribution is -0.112. The van der Waals surface area contributed by atoms with Gasteiger partial charge in [-0.3, -0.25) is 0 Å². The third-order valence-corrected chi connectivity index (χ3v) is 6.93. The zero-order chi connectivity index (χ0) is 18.7. The normalized spacial score (nSPS) is 21.3. The van der Waals surface area contributed by atoms with E-state index in [0.717, 1.165) is 23.0 Å². The summed E-state index contributed by atoms with van der Waals surface area (Å²) in [4.78, 5) is 11.8. The van der Waals surface area contributed by atoms with E-state index in [1.165, 1.54) is 4.31 Å². The highest BCUT2D eigenvalue weighted by Crippen LogP contribution is 2.35. The Balaban J connectivity index is 1.88. The van der Waals surface area contributed by atoms with Crippen molar-refractivity contribution in [2.45, 2.75) is 18.2 Å². The SMILES string of the molecule is C=C(c1ccccc1)[C@@H]1CN(S(=O)(=O)c2ccc(C)cc2)CC[C@H]1C=O. The van der Waals surface area contributed by atoms with Crippen LogP contribution in [0, 0.1) is 18.8 Å². The Labute approximate surface area is 155 Å². The molecule has 5 heteroatoms. The Hall–Kier alpha value is -2.24. The zero-order valence-corrected chi connectivity index (χ0v) is 15.7. The van der Waals surface area contributed by atoms with E-state index in [-0.39, 0.29) is 23.3 Å². The average molecular weight is 369 g/mol. The molecule has 2 aromatic rings. The van der Waals surface area contributed by atoms with Crippen LogP contribution >= 0.6 is 0 Å². The minimum atomic E-state index is -3.58. The van der Waals surface area contributed by atoms with E-state index < -0.39 is 10.0 Å². The van der Waals surface area contributed by atoms with Crippen LogP contribution in [0.4, 0.5) is 0 Å². The lowest BCUT2D eigenvalue weighted by atomic mass is 9.80. The van der Waals surface area contributed by atoms with Crippen molar-refractivity contribution in [1.29, 1.82) is 0 Å². The Kier molecular flexibility index (Phi) is 5.39. The maximum absolute atomic E-state index is 13.0. The number of aldehydes is 1. The molecular weight excluding hydrogens is 346 g/mol. The first-order chi connectivity index (χ1) is 12.4. The van der Waals surface area contributed by atoms with E-state index in [0.29, 0.717) is 13.0 Å². The quantitative estimate of drug-likeness (QED) is 0.758. The van der Waals surface area contributed by atoms with Gasteiger partial charge in [0.1, 0.15) is 6.29 Å². The van der Waals surface area contributed by atoms with Crippen molar-refractivity contribution in [2.24, 2.45) is 11.8 Å². The summed E-state index contributed by atoms with van der Waals surface area (Å²) in [5.74, 6) is -0.434. The molecule has 0 unspecified atom stereocenters. The van der Waals surface area contributed by atoms with Gasteiger partial charge >= 0.3 is 0 Å². The van der Waals surface area contributed by atoms with Gasteiger partial charge in [-0.2, -0.15) is 4.31 Å². The van der Waals surface area contributed by atoms with Crippen molar-refractivity contribution in [3.8, 4) is 0 Å². The highest BCUT2D eigenvalue weighted by Gasteiger charge is 2.36. The number of benzene rings is 2. The van der Waals surface area contributed by atoms with Crippen molar-refractivity contribution in [3.05, 3.63) is 72.3 Å². The number of carbonyl (C=O) groups excluding carboxylic acids is 1. The van der Waals surface area contributed by atoms with Crippen LogP contribution in [0.1, 0.15) is 17.5 Å². The van der Waals surface area contributed by atoms with Crippen LogP contribution in [0.3, 0.4) is 0 Å². The predicted molar refractivity (Wildman–Crippen MR) is 103 cm³/mol. The largest absolute Gasteiger partial charge is 0.303 e. The van der Waals surface area contributed by atoms with Gasteiger partial charge < -0.3 is 4.79 Å². The number of rotatable bonds is 5. The van der Waals surface area contributed by atoms with E-state index in [4.69, 9.17) is 0 Å². The standard InChI is InChI=1S/C21H23NO3S/c1-16-8-10-20(11-9-16)26(24,25)22-13-12-19(15-23)21(14-22)17(2)18-6-4-3-5-7-18/h3-11,15,19,21H,2,12-14H2,1H3/t19-,21-/m0/s1.